The highest BCUT2D eigenvalue weighted by atomic mass is 32.2. The van der Waals surface area contributed by atoms with Crippen molar-refractivity contribution in [2.75, 3.05) is 24.9 Å². The van der Waals surface area contributed by atoms with E-state index in [1.54, 1.807) is 6.92 Å². The molecule has 0 aromatic rings. The van der Waals surface area contributed by atoms with Gasteiger partial charge in [-0.15, -0.1) is 11.8 Å². The molecule has 1 atom stereocenters. The Bertz CT molecular complexity index is 197. The van der Waals surface area contributed by atoms with Crippen LogP contribution < -0.4 is 5.73 Å². The summed E-state index contributed by atoms with van der Waals surface area (Å²) in [6, 6.07) is -0.528. The van der Waals surface area contributed by atoms with Crippen LogP contribution in [0.2, 0.25) is 0 Å². The Morgan fingerprint density at radius 1 is 1.60 bits per heavy atom. The summed E-state index contributed by atoms with van der Waals surface area (Å²) in [6.45, 7) is 3.01. The van der Waals surface area contributed by atoms with Crippen molar-refractivity contribution in [2.45, 2.75) is 25.8 Å². The first-order valence-electron chi connectivity index (χ1n) is 5.31. The molecule has 0 spiro atoms. The van der Waals surface area contributed by atoms with Gasteiger partial charge in [-0.3, -0.25) is 4.79 Å². The van der Waals surface area contributed by atoms with E-state index < -0.39 is 6.04 Å². The van der Waals surface area contributed by atoms with Crippen LogP contribution in [0.25, 0.3) is 0 Å². The molecule has 0 heterocycles. The zero-order valence-electron chi connectivity index (χ0n) is 9.11. The summed E-state index contributed by atoms with van der Waals surface area (Å²) < 4.78 is 10.2. The summed E-state index contributed by atoms with van der Waals surface area (Å²) in [4.78, 5) is 11.1. The van der Waals surface area contributed by atoms with Gasteiger partial charge < -0.3 is 15.2 Å². The number of rotatable bonds is 8. The molecule has 1 saturated carbocycles. The van der Waals surface area contributed by atoms with Gasteiger partial charge in [-0.2, -0.15) is 0 Å². The zero-order valence-corrected chi connectivity index (χ0v) is 9.92. The third-order valence-corrected chi connectivity index (χ3v) is 3.03. The molecule has 1 aliphatic rings. The summed E-state index contributed by atoms with van der Waals surface area (Å²) >= 11 is 1.54. The minimum Gasteiger partial charge on any atom is -0.465 e. The number of carbonyl (C=O) groups is 1. The van der Waals surface area contributed by atoms with Crippen molar-refractivity contribution in [2.24, 2.45) is 11.7 Å². The SMILES string of the molecule is CCOC(=O)C(N)CSCOCC1CC1. The molecule has 1 rings (SSSR count). The van der Waals surface area contributed by atoms with Gasteiger partial charge in [0.2, 0.25) is 0 Å². The highest BCUT2D eigenvalue weighted by Crippen LogP contribution is 2.29. The quantitative estimate of drug-likeness (QED) is 0.385. The highest BCUT2D eigenvalue weighted by Gasteiger charge is 2.21. The summed E-state index contributed by atoms with van der Waals surface area (Å²) in [5.74, 6) is 1.63. The Hall–Kier alpha value is -0.260. The predicted octanol–water partition coefficient (Wildman–Crippen LogP) is 0.994. The first-order chi connectivity index (χ1) is 7.24. The largest absolute Gasteiger partial charge is 0.465 e. The molecule has 0 amide bonds. The number of thioether (sulfide) groups is 1. The Morgan fingerprint density at radius 3 is 2.93 bits per heavy atom. The van der Waals surface area contributed by atoms with Gasteiger partial charge in [-0.25, -0.2) is 0 Å². The lowest BCUT2D eigenvalue weighted by molar-refractivity contribution is -0.144. The lowest BCUT2D eigenvalue weighted by Crippen LogP contribution is -2.34. The topological polar surface area (TPSA) is 61.5 Å². The summed E-state index contributed by atoms with van der Waals surface area (Å²) in [7, 11) is 0. The first-order valence-corrected chi connectivity index (χ1v) is 6.47. The van der Waals surface area contributed by atoms with Crippen LogP contribution in [0.4, 0.5) is 0 Å². The van der Waals surface area contributed by atoms with Crippen molar-refractivity contribution in [1.82, 2.24) is 0 Å². The van der Waals surface area contributed by atoms with Crippen molar-refractivity contribution < 1.29 is 14.3 Å². The van der Waals surface area contributed by atoms with E-state index in [1.165, 1.54) is 24.6 Å². The van der Waals surface area contributed by atoms with Gasteiger partial charge in [0.1, 0.15) is 6.04 Å². The molecule has 5 heteroatoms. The van der Waals surface area contributed by atoms with Crippen LogP contribution >= 0.6 is 11.8 Å². The molecule has 1 fully saturated rings. The first kappa shape index (κ1) is 12.8. The van der Waals surface area contributed by atoms with Gasteiger partial charge >= 0.3 is 5.97 Å². The van der Waals surface area contributed by atoms with Gasteiger partial charge in [0.05, 0.1) is 19.2 Å². The van der Waals surface area contributed by atoms with Gasteiger partial charge in [-0.05, 0) is 25.7 Å². The number of nitrogens with two attached hydrogens (primary N) is 1. The third-order valence-electron chi connectivity index (χ3n) is 2.10. The van der Waals surface area contributed by atoms with Gasteiger partial charge in [0, 0.05) is 5.75 Å². The monoisotopic (exact) mass is 233 g/mol. The Balaban J connectivity index is 1.90. The molecule has 88 valence electrons. The smallest absolute Gasteiger partial charge is 0.323 e. The molecule has 1 unspecified atom stereocenters. The molecular weight excluding hydrogens is 214 g/mol. The molecule has 0 radical (unpaired) electrons. The molecule has 4 nitrogen and oxygen atoms in total. The van der Waals surface area contributed by atoms with E-state index in [1.807, 2.05) is 0 Å². The number of ether oxygens (including phenoxy) is 2. The molecule has 0 aromatic carbocycles. The summed E-state index contributed by atoms with van der Waals surface area (Å²) in [5, 5.41) is 0. The van der Waals surface area contributed by atoms with E-state index in [0.29, 0.717) is 18.3 Å². The Morgan fingerprint density at radius 2 is 2.33 bits per heavy atom. The average Bonchev–Trinajstić information content (AvgIpc) is 3.01. The fraction of sp³-hybridized carbons (Fsp3) is 0.900. The van der Waals surface area contributed by atoms with Crippen molar-refractivity contribution in [1.29, 1.82) is 0 Å². The van der Waals surface area contributed by atoms with E-state index in [-0.39, 0.29) is 5.97 Å². The lowest BCUT2D eigenvalue weighted by Gasteiger charge is -2.09. The maximum atomic E-state index is 11.1. The molecule has 1 aliphatic carbocycles. The van der Waals surface area contributed by atoms with E-state index in [9.17, 15) is 4.79 Å². The second-order valence-electron chi connectivity index (χ2n) is 3.66. The maximum Gasteiger partial charge on any atom is 0.323 e. The van der Waals surface area contributed by atoms with Crippen LogP contribution in [-0.4, -0.2) is 36.9 Å². The van der Waals surface area contributed by atoms with Crippen LogP contribution in [0, 0.1) is 5.92 Å². The average molecular weight is 233 g/mol. The van der Waals surface area contributed by atoms with Crippen molar-refractivity contribution in [3.63, 3.8) is 0 Å². The molecular formula is C10H19NO3S. The number of hydrogen-bond donors (Lipinski definition) is 1. The molecule has 2 N–H and O–H groups in total. The number of esters is 1. The van der Waals surface area contributed by atoms with Gasteiger partial charge in [0.25, 0.3) is 0 Å². The van der Waals surface area contributed by atoms with Gasteiger partial charge in [0.15, 0.2) is 0 Å². The van der Waals surface area contributed by atoms with Crippen LogP contribution in [0.1, 0.15) is 19.8 Å². The van der Waals surface area contributed by atoms with Crippen molar-refractivity contribution >= 4 is 17.7 Å². The second-order valence-corrected chi connectivity index (χ2v) is 4.64. The van der Waals surface area contributed by atoms with Crippen LogP contribution in [-0.2, 0) is 14.3 Å². The predicted molar refractivity (Wildman–Crippen MR) is 60.6 cm³/mol. The maximum absolute atomic E-state index is 11.1. The third kappa shape index (κ3) is 6.02. The fourth-order valence-corrected chi connectivity index (χ4v) is 1.75. The van der Waals surface area contributed by atoms with Crippen LogP contribution in [0.15, 0.2) is 0 Å². The van der Waals surface area contributed by atoms with Crippen molar-refractivity contribution in [3.05, 3.63) is 0 Å². The number of carbonyl (C=O) groups excluding carboxylic acids is 1. The fourth-order valence-electron chi connectivity index (χ4n) is 1.05. The summed E-state index contributed by atoms with van der Waals surface area (Å²) in [5.41, 5.74) is 5.61. The highest BCUT2D eigenvalue weighted by molar-refractivity contribution is 7.99. The van der Waals surface area contributed by atoms with Crippen LogP contribution in [0.5, 0.6) is 0 Å². The normalized spacial score (nSPS) is 17.5. The lowest BCUT2D eigenvalue weighted by atomic mass is 10.4. The number of hydrogen-bond acceptors (Lipinski definition) is 5. The van der Waals surface area contributed by atoms with Crippen LogP contribution in [0.3, 0.4) is 0 Å². The zero-order chi connectivity index (χ0) is 11.1. The standard InChI is InChI=1S/C10H19NO3S/c1-2-14-10(12)9(11)6-15-7-13-5-8-3-4-8/h8-9H,2-7,11H2,1H3. The Kier molecular flexibility index (Phi) is 6.05. The van der Waals surface area contributed by atoms with E-state index in [4.69, 9.17) is 15.2 Å². The molecule has 0 aliphatic heterocycles. The minimum atomic E-state index is -0.528. The molecule has 0 saturated heterocycles. The van der Waals surface area contributed by atoms with Gasteiger partial charge in [-0.1, -0.05) is 0 Å². The van der Waals surface area contributed by atoms with E-state index in [2.05, 4.69) is 0 Å². The molecule has 15 heavy (non-hydrogen) atoms. The molecule has 0 bridgehead atoms. The minimum absolute atomic E-state index is 0.327. The molecule has 0 aromatic heterocycles. The van der Waals surface area contributed by atoms with Crippen molar-refractivity contribution in [3.8, 4) is 0 Å². The Labute approximate surface area is 94.9 Å². The van der Waals surface area contributed by atoms with E-state index >= 15 is 0 Å². The van der Waals surface area contributed by atoms with E-state index in [0.717, 1.165) is 12.5 Å². The summed E-state index contributed by atoms with van der Waals surface area (Å²) in [6.07, 6.45) is 2.60. The second kappa shape index (κ2) is 7.09.